The van der Waals surface area contributed by atoms with Gasteiger partial charge in [-0.2, -0.15) is 0 Å². The van der Waals surface area contributed by atoms with Crippen molar-refractivity contribution in [2.75, 3.05) is 7.11 Å². The zero-order valence-corrected chi connectivity index (χ0v) is 16.7. The Bertz CT molecular complexity index is 1120. The first-order chi connectivity index (χ1) is 12.3. The Morgan fingerprint density at radius 2 is 2.19 bits per heavy atom. The summed E-state index contributed by atoms with van der Waals surface area (Å²) in [6, 6.07) is 4.42. The van der Waals surface area contributed by atoms with Crippen molar-refractivity contribution in [1.29, 1.82) is 0 Å². The molecule has 0 aliphatic rings. The van der Waals surface area contributed by atoms with Gasteiger partial charge < -0.3 is 9.72 Å². The van der Waals surface area contributed by atoms with Crippen molar-refractivity contribution >= 4 is 66.2 Å². The third-order valence-corrected chi connectivity index (χ3v) is 5.58. The molecule has 0 aliphatic carbocycles. The highest BCUT2D eigenvalue weighted by Crippen LogP contribution is 2.29. The van der Waals surface area contributed by atoms with Gasteiger partial charge in [-0.15, -0.1) is 11.3 Å². The van der Waals surface area contributed by atoms with Crippen molar-refractivity contribution in [3.63, 3.8) is 0 Å². The molecule has 0 amide bonds. The molecule has 2 aromatic heterocycles. The Morgan fingerprint density at radius 3 is 2.88 bits per heavy atom. The molecule has 1 aromatic carbocycles. The van der Waals surface area contributed by atoms with Gasteiger partial charge in [0.25, 0.3) is 5.56 Å². The monoisotopic (exact) mass is 456 g/mol. The second-order valence-electron chi connectivity index (χ2n) is 5.30. The zero-order valence-electron chi connectivity index (χ0n) is 13.5. The van der Waals surface area contributed by atoms with Gasteiger partial charge in [-0.1, -0.05) is 27.5 Å². The second kappa shape index (κ2) is 7.30. The predicted molar refractivity (Wildman–Crippen MR) is 104 cm³/mol. The summed E-state index contributed by atoms with van der Waals surface area (Å²) in [5, 5.41) is 0.365. The van der Waals surface area contributed by atoms with E-state index in [1.54, 1.807) is 19.1 Å². The highest BCUT2D eigenvalue weighted by atomic mass is 79.9. The summed E-state index contributed by atoms with van der Waals surface area (Å²) in [6.07, 6.45) is 1.37. The van der Waals surface area contributed by atoms with Crippen LogP contribution in [0.4, 0.5) is 4.39 Å². The van der Waals surface area contributed by atoms with Crippen LogP contribution in [0.5, 0.6) is 0 Å². The first-order valence-corrected chi connectivity index (χ1v) is 9.25. The number of ether oxygens (including phenoxy) is 1. The number of nitrogens with one attached hydrogen (secondary N) is 1. The molecular formula is C17H11BrClFN2O3S. The molecule has 2 heterocycles. The van der Waals surface area contributed by atoms with Crippen LogP contribution in [0.15, 0.2) is 27.5 Å². The molecule has 9 heteroatoms. The largest absolute Gasteiger partial charge is 0.465 e. The summed E-state index contributed by atoms with van der Waals surface area (Å²) < 4.78 is 19.3. The molecule has 0 unspecified atom stereocenters. The lowest BCUT2D eigenvalue weighted by Crippen LogP contribution is -2.10. The van der Waals surface area contributed by atoms with Crippen molar-refractivity contribution in [1.82, 2.24) is 9.97 Å². The SMILES string of the molecule is COC(=O)c1sc2nc(/C(Cl)=C/c3cc(Br)ccc3F)[nH]c(=O)c2c1C. The molecule has 3 aromatic rings. The zero-order chi connectivity index (χ0) is 19.0. The van der Waals surface area contributed by atoms with E-state index in [1.165, 1.54) is 19.3 Å². The lowest BCUT2D eigenvalue weighted by molar-refractivity contribution is 0.0605. The van der Waals surface area contributed by atoms with E-state index in [0.717, 1.165) is 11.3 Å². The van der Waals surface area contributed by atoms with E-state index in [2.05, 4.69) is 25.9 Å². The minimum atomic E-state index is -0.538. The Kier molecular flexibility index (Phi) is 5.27. The number of rotatable bonds is 3. The number of hydrogen-bond donors (Lipinski definition) is 1. The summed E-state index contributed by atoms with van der Waals surface area (Å²) in [4.78, 5) is 31.7. The molecule has 134 valence electrons. The van der Waals surface area contributed by atoms with Crippen LogP contribution in [0.3, 0.4) is 0 Å². The van der Waals surface area contributed by atoms with Crippen LogP contribution >= 0.6 is 38.9 Å². The number of thiophene rings is 1. The molecule has 0 aliphatic heterocycles. The molecule has 0 saturated heterocycles. The molecule has 26 heavy (non-hydrogen) atoms. The van der Waals surface area contributed by atoms with E-state index in [4.69, 9.17) is 16.3 Å². The van der Waals surface area contributed by atoms with Crippen LogP contribution in [-0.4, -0.2) is 23.0 Å². The highest BCUT2D eigenvalue weighted by molar-refractivity contribution is 9.10. The fourth-order valence-electron chi connectivity index (χ4n) is 2.37. The second-order valence-corrected chi connectivity index (χ2v) is 7.62. The number of halogens is 3. The lowest BCUT2D eigenvalue weighted by atomic mass is 10.2. The number of aryl methyl sites for hydroxylation is 1. The number of esters is 1. The lowest BCUT2D eigenvalue weighted by Gasteiger charge is -2.02. The van der Waals surface area contributed by atoms with Crippen molar-refractivity contribution in [3.8, 4) is 0 Å². The van der Waals surface area contributed by atoms with Gasteiger partial charge in [0.1, 0.15) is 15.5 Å². The molecule has 0 atom stereocenters. The summed E-state index contributed by atoms with van der Waals surface area (Å²) in [5.41, 5.74) is 0.301. The molecule has 0 saturated carbocycles. The Hall–Kier alpha value is -2.03. The number of hydrogen-bond acceptors (Lipinski definition) is 5. The molecule has 1 N–H and O–H groups in total. The van der Waals surface area contributed by atoms with Crippen LogP contribution in [0.25, 0.3) is 21.3 Å². The topological polar surface area (TPSA) is 72.0 Å². The van der Waals surface area contributed by atoms with Gasteiger partial charge in [-0.05, 0) is 36.8 Å². The molecule has 0 bridgehead atoms. The van der Waals surface area contributed by atoms with E-state index in [1.807, 2.05) is 0 Å². The standard InChI is InChI=1S/C17H11BrClFN2O3S/c1-7-12-15(23)21-14(22-16(12)26-13(7)17(24)25-2)10(19)6-8-5-9(18)3-4-11(8)20/h3-6H,1-2H3,(H,21,22,23)/b10-6-. The van der Waals surface area contributed by atoms with Crippen molar-refractivity contribution in [3.05, 3.63) is 60.7 Å². The summed E-state index contributed by atoms with van der Waals surface area (Å²) in [7, 11) is 1.27. The number of carbonyl (C=O) groups is 1. The fraction of sp³-hybridized carbons (Fsp3) is 0.118. The molecule has 0 fully saturated rings. The third kappa shape index (κ3) is 3.44. The van der Waals surface area contributed by atoms with Gasteiger partial charge in [0, 0.05) is 10.0 Å². The normalized spacial score (nSPS) is 11.8. The first-order valence-electron chi connectivity index (χ1n) is 7.26. The maximum absolute atomic E-state index is 13.9. The number of aromatic nitrogens is 2. The van der Waals surface area contributed by atoms with Gasteiger partial charge in [0.15, 0.2) is 5.82 Å². The van der Waals surface area contributed by atoms with Gasteiger partial charge in [0.2, 0.25) is 0 Å². The molecular weight excluding hydrogens is 447 g/mol. The third-order valence-electron chi connectivity index (χ3n) is 3.64. The van der Waals surface area contributed by atoms with E-state index in [-0.39, 0.29) is 16.4 Å². The smallest absolute Gasteiger partial charge is 0.348 e. The minimum absolute atomic E-state index is 0.0617. The van der Waals surface area contributed by atoms with E-state index < -0.39 is 17.3 Å². The molecule has 5 nitrogen and oxygen atoms in total. The Balaban J connectivity index is 2.14. The maximum Gasteiger partial charge on any atom is 0.348 e. The summed E-state index contributed by atoms with van der Waals surface area (Å²) >= 11 is 10.5. The Labute approximate surface area is 164 Å². The van der Waals surface area contributed by atoms with Crippen LogP contribution in [0, 0.1) is 12.7 Å². The number of H-pyrrole nitrogens is 1. The first kappa shape index (κ1) is 18.8. The Morgan fingerprint density at radius 1 is 1.46 bits per heavy atom. The fourth-order valence-corrected chi connectivity index (χ4v) is 4.06. The van der Waals surface area contributed by atoms with Crippen LogP contribution < -0.4 is 5.56 Å². The number of carbonyl (C=O) groups excluding carboxylic acids is 1. The van der Waals surface area contributed by atoms with Gasteiger partial charge in [0.05, 0.1) is 17.5 Å². The molecule has 0 radical (unpaired) electrons. The average Bonchev–Trinajstić information content (AvgIpc) is 2.94. The van der Waals surface area contributed by atoms with E-state index in [0.29, 0.717) is 25.1 Å². The highest BCUT2D eigenvalue weighted by Gasteiger charge is 2.20. The number of methoxy groups -OCH3 is 1. The van der Waals surface area contributed by atoms with Gasteiger partial charge >= 0.3 is 5.97 Å². The summed E-state index contributed by atoms with van der Waals surface area (Å²) in [6.45, 7) is 1.65. The number of fused-ring (bicyclic) bond motifs is 1. The quantitative estimate of drug-likeness (QED) is 0.578. The average molecular weight is 458 g/mol. The molecule has 3 rings (SSSR count). The van der Waals surface area contributed by atoms with Crippen molar-refractivity contribution < 1.29 is 13.9 Å². The minimum Gasteiger partial charge on any atom is -0.465 e. The summed E-state index contributed by atoms with van der Waals surface area (Å²) in [5.74, 6) is -0.916. The number of benzene rings is 1. The maximum atomic E-state index is 13.9. The number of aromatic amines is 1. The van der Waals surface area contributed by atoms with Crippen LogP contribution in [0.1, 0.15) is 26.6 Å². The number of nitrogens with zero attached hydrogens (tertiary/aromatic N) is 1. The van der Waals surface area contributed by atoms with Crippen LogP contribution in [0.2, 0.25) is 0 Å². The van der Waals surface area contributed by atoms with E-state index in [9.17, 15) is 14.0 Å². The predicted octanol–water partition coefficient (Wildman–Crippen LogP) is 4.72. The van der Waals surface area contributed by atoms with E-state index >= 15 is 0 Å². The van der Waals surface area contributed by atoms with Crippen LogP contribution in [-0.2, 0) is 4.74 Å². The van der Waals surface area contributed by atoms with Gasteiger partial charge in [-0.3, -0.25) is 4.79 Å². The van der Waals surface area contributed by atoms with Gasteiger partial charge in [-0.25, -0.2) is 14.2 Å². The van der Waals surface area contributed by atoms with Crippen molar-refractivity contribution in [2.24, 2.45) is 0 Å². The van der Waals surface area contributed by atoms with Crippen molar-refractivity contribution in [2.45, 2.75) is 6.92 Å². The molecule has 0 spiro atoms.